The lowest BCUT2D eigenvalue weighted by Gasteiger charge is -2.21. The molecule has 2 atom stereocenters. The van der Waals surface area contributed by atoms with E-state index in [1.54, 1.807) is 0 Å². The van der Waals surface area contributed by atoms with Crippen LogP contribution in [0.4, 0.5) is 0 Å². The van der Waals surface area contributed by atoms with Crippen molar-refractivity contribution in [3.63, 3.8) is 0 Å². The van der Waals surface area contributed by atoms with E-state index < -0.39 is 0 Å². The van der Waals surface area contributed by atoms with Gasteiger partial charge in [-0.2, -0.15) is 0 Å². The van der Waals surface area contributed by atoms with Gasteiger partial charge in [0.15, 0.2) is 0 Å². The second kappa shape index (κ2) is 5.72. The second-order valence-corrected chi connectivity index (χ2v) is 5.29. The standard InChI is InChI=1S/C12H26N2/c1-9(2)6-12(7-13)14-8-10(3)11-4-5-11/h9-12,14H,4-8,13H2,1-3H3. The molecular formula is C12H26N2. The lowest BCUT2D eigenvalue weighted by atomic mass is 10.0. The summed E-state index contributed by atoms with van der Waals surface area (Å²) in [5, 5.41) is 3.60. The van der Waals surface area contributed by atoms with Crippen LogP contribution in [0.5, 0.6) is 0 Å². The van der Waals surface area contributed by atoms with E-state index in [4.69, 9.17) is 5.73 Å². The lowest BCUT2D eigenvalue weighted by Crippen LogP contribution is -2.39. The zero-order valence-electron chi connectivity index (χ0n) is 9.92. The monoisotopic (exact) mass is 198 g/mol. The third-order valence-corrected chi connectivity index (χ3v) is 3.20. The molecular weight excluding hydrogens is 172 g/mol. The average molecular weight is 198 g/mol. The lowest BCUT2D eigenvalue weighted by molar-refractivity contribution is 0.376. The van der Waals surface area contributed by atoms with Gasteiger partial charge in [-0.25, -0.2) is 0 Å². The molecule has 1 fully saturated rings. The minimum absolute atomic E-state index is 0.524. The molecule has 1 rings (SSSR count). The van der Waals surface area contributed by atoms with Crippen LogP contribution in [0.15, 0.2) is 0 Å². The van der Waals surface area contributed by atoms with Crippen LogP contribution in [-0.4, -0.2) is 19.1 Å². The smallest absolute Gasteiger partial charge is 0.0192 e. The molecule has 0 aliphatic heterocycles. The molecule has 0 aromatic carbocycles. The van der Waals surface area contributed by atoms with Gasteiger partial charge >= 0.3 is 0 Å². The average Bonchev–Trinajstić information content (AvgIpc) is 2.93. The molecule has 2 heteroatoms. The maximum Gasteiger partial charge on any atom is 0.0192 e. The van der Waals surface area contributed by atoms with Crippen molar-refractivity contribution in [3.05, 3.63) is 0 Å². The van der Waals surface area contributed by atoms with Crippen molar-refractivity contribution in [2.24, 2.45) is 23.5 Å². The molecule has 0 amide bonds. The highest BCUT2D eigenvalue weighted by Gasteiger charge is 2.27. The summed E-state index contributed by atoms with van der Waals surface area (Å²) < 4.78 is 0. The molecule has 2 unspecified atom stereocenters. The molecule has 0 saturated heterocycles. The fourth-order valence-corrected chi connectivity index (χ4v) is 2.02. The first kappa shape index (κ1) is 12.0. The topological polar surface area (TPSA) is 38.0 Å². The third kappa shape index (κ3) is 4.43. The van der Waals surface area contributed by atoms with E-state index in [1.165, 1.54) is 19.3 Å². The van der Waals surface area contributed by atoms with Gasteiger partial charge in [0.05, 0.1) is 0 Å². The van der Waals surface area contributed by atoms with Crippen molar-refractivity contribution in [3.8, 4) is 0 Å². The molecule has 1 aliphatic rings. The Morgan fingerprint density at radius 3 is 2.36 bits per heavy atom. The number of hydrogen-bond donors (Lipinski definition) is 2. The maximum absolute atomic E-state index is 5.74. The summed E-state index contributed by atoms with van der Waals surface area (Å²) in [6, 6.07) is 0.524. The predicted octanol–water partition coefficient (Wildman–Crippen LogP) is 2.00. The first-order valence-corrected chi connectivity index (χ1v) is 6.07. The van der Waals surface area contributed by atoms with Crippen molar-refractivity contribution < 1.29 is 0 Å². The van der Waals surface area contributed by atoms with Crippen LogP contribution in [-0.2, 0) is 0 Å². The number of nitrogens with two attached hydrogens (primary N) is 1. The zero-order chi connectivity index (χ0) is 10.6. The van der Waals surface area contributed by atoms with Crippen LogP contribution in [0.3, 0.4) is 0 Å². The molecule has 0 heterocycles. The number of rotatable bonds is 7. The normalized spacial score (nSPS) is 21.2. The van der Waals surface area contributed by atoms with Crippen LogP contribution in [0.2, 0.25) is 0 Å². The summed E-state index contributed by atoms with van der Waals surface area (Å²) in [4.78, 5) is 0. The molecule has 14 heavy (non-hydrogen) atoms. The Morgan fingerprint density at radius 1 is 1.29 bits per heavy atom. The van der Waals surface area contributed by atoms with Gasteiger partial charge in [-0.1, -0.05) is 20.8 Å². The molecule has 0 bridgehead atoms. The van der Waals surface area contributed by atoms with Crippen LogP contribution in [0.1, 0.15) is 40.0 Å². The Balaban J connectivity index is 2.12. The van der Waals surface area contributed by atoms with E-state index in [1.807, 2.05) is 0 Å². The van der Waals surface area contributed by atoms with Crippen LogP contribution in [0, 0.1) is 17.8 Å². The minimum atomic E-state index is 0.524. The van der Waals surface area contributed by atoms with Gasteiger partial charge in [-0.3, -0.25) is 0 Å². The summed E-state index contributed by atoms with van der Waals surface area (Å²) in [6.45, 7) is 8.80. The largest absolute Gasteiger partial charge is 0.329 e. The Kier molecular flexibility index (Phi) is 4.90. The summed E-state index contributed by atoms with van der Waals surface area (Å²) in [6.07, 6.45) is 4.09. The molecule has 0 aromatic heterocycles. The van der Waals surface area contributed by atoms with Gasteiger partial charge in [0, 0.05) is 12.6 Å². The molecule has 1 aliphatic carbocycles. The number of hydrogen-bond acceptors (Lipinski definition) is 2. The third-order valence-electron chi connectivity index (χ3n) is 3.20. The first-order valence-electron chi connectivity index (χ1n) is 6.07. The Labute approximate surface area is 88.6 Å². The van der Waals surface area contributed by atoms with E-state index >= 15 is 0 Å². The highest BCUT2D eigenvalue weighted by Crippen LogP contribution is 2.36. The Hall–Kier alpha value is -0.0800. The van der Waals surface area contributed by atoms with Gasteiger partial charge in [0.25, 0.3) is 0 Å². The molecule has 0 spiro atoms. The minimum Gasteiger partial charge on any atom is -0.329 e. The summed E-state index contributed by atoms with van der Waals surface area (Å²) in [5.74, 6) is 2.59. The van der Waals surface area contributed by atoms with Crippen molar-refractivity contribution in [1.29, 1.82) is 0 Å². The van der Waals surface area contributed by atoms with Gasteiger partial charge in [0.1, 0.15) is 0 Å². The van der Waals surface area contributed by atoms with Gasteiger partial charge in [0.2, 0.25) is 0 Å². The Bertz CT molecular complexity index is 152. The predicted molar refractivity (Wildman–Crippen MR) is 62.2 cm³/mol. The van der Waals surface area contributed by atoms with Crippen LogP contribution < -0.4 is 11.1 Å². The van der Waals surface area contributed by atoms with Gasteiger partial charge < -0.3 is 11.1 Å². The Morgan fingerprint density at radius 2 is 1.93 bits per heavy atom. The summed E-state index contributed by atoms with van der Waals surface area (Å²) in [7, 11) is 0. The first-order chi connectivity index (χ1) is 6.63. The van der Waals surface area contributed by atoms with Crippen LogP contribution >= 0.6 is 0 Å². The van der Waals surface area contributed by atoms with E-state index in [-0.39, 0.29) is 0 Å². The van der Waals surface area contributed by atoms with Crippen molar-refractivity contribution in [2.45, 2.75) is 46.1 Å². The quantitative estimate of drug-likeness (QED) is 0.656. The van der Waals surface area contributed by atoms with E-state index in [0.29, 0.717) is 6.04 Å². The van der Waals surface area contributed by atoms with Crippen molar-refractivity contribution >= 4 is 0 Å². The molecule has 84 valence electrons. The highest BCUT2D eigenvalue weighted by molar-refractivity contribution is 4.81. The van der Waals surface area contributed by atoms with Gasteiger partial charge in [-0.15, -0.1) is 0 Å². The molecule has 1 saturated carbocycles. The summed E-state index contributed by atoms with van der Waals surface area (Å²) >= 11 is 0. The van der Waals surface area contributed by atoms with E-state index in [0.717, 1.165) is 30.8 Å². The molecule has 0 radical (unpaired) electrons. The molecule has 0 aromatic rings. The van der Waals surface area contributed by atoms with Crippen molar-refractivity contribution in [2.75, 3.05) is 13.1 Å². The fourth-order valence-electron chi connectivity index (χ4n) is 2.02. The fraction of sp³-hybridized carbons (Fsp3) is 1.00. The molecule has 3 N–H and O–H groups in total. The maximum atomic E-state index is 5.74. The number of nitrogens with one attached hydrogen (secondary N) is 1. The van der Waals surface area contributed by atoms with E-state index in [2.05, 4.69) is 26.1 Å². The highest BCUT2D eigenvalue weighted by atomic mass is 14.9. The SMILES string of the molecule is CC(C)CC(CN)NCC(C)C1CC1. The van der Waals surface area contributed by atoms with Gasteiger partial charge in [-0.05, 0) is 43.6 Å². The van der Waals surface area contributed by atoms with E-state index in [9.17, 15) is 0 Å². The van der Waals surface area contributed by atoms with Crippen molar-refractivity contribution in [1.82, 2.24) is 5.32 Å². The zero-order valence-corrected chi connectivity index (χ0v) is 9.92. The second-order valence-electron chi connectivity index (χ2n) is 5.29. The molecule has 2 nitrogen and oxygen atoms in total. The van der Waals surface area contributed by atoms with Crippen LogP contribution in [0.25, 0.3) is 0 Å². The summed E-state index contributed by atoms with van der Waals surface area (Å²) in [5.41, 5.74) is 5.74.